The van der Waals surface area contributed by atoms with Gasteiger partial charge >= 0.3 is 0 Å². The fourth-order valence-corrected chi connectivity index (χ4v) is 2.82. The molecule has 1 saturated carbocycles. The molecule has 4 nitrogen and oxygen atoms in total. The SMILES string of the molecule is Cc1c(C)n(CC(C)C2CC2)c2ncnc(N)c12. The van der Waals surface area contributed by atoms with Crippen LogP contribution in [0.2, 0.25) is 0 Å². The van der Waals surface area contributed by atoms with Crippen LogP contribution in [-0.2, 0) is 6.54 Å². The molecule has 18 heavy (non-hydrogen) atoms. The molecule has 1 fully saturated rings. The Morgan fingerprint density at radius 3 is 2.78 bits per heavy atom. The van der Waals surface area contributed by atoms with Gasteiger partial charge in [-0.2, -0.15) is 0 Å². The first-order chi connectivity index (χ1) is 8.59. The second-order valence-electron chi connectivity index (χ2n) is 5.59. The van der Waals surface area contributed by atoms with Crippen LogP contribution in [0.25, 0.3) is 11.0 Å². The van der Waals surface area contributed by atoms with Gasteiger partial charge in [-0.25, -0.2) is 9.97 Å². The molecule has 0 radical (unpaired) electrons. The molecule has 1 aliphatic rings. The van der Waals surface area contributed by atoms with Crippen molar-refractivity contribution in [1.29, 1.82) is 0 Å². The summed E-state index contributed by atoms with van der Waals surface area (Å²) >= 11 is 0. The lowest BCUT2D eigenvalue weighted by atomic mass is 10.1. The number of anilines is 1. The molecule has 0 saturated heterocycles. The summed E-state index contributed by atoms with van der Waals surface area (Å²) in [4.78, 5) is 8.53. The molecule has 0 spiro atoms. The lowest BCUT2D eigenvalue weighted by molar-refractivity contribution is 0.432. The number of hydrogen-bond donors (Lipinski definition) is 1. The normalized spacial score (nSPS) is 17.3. The highest BCUT2D eigenvalue weighted by molar-refractivity contribution is 5.90. The summed E-state index contributed by atoms with van der Waals surface area (Å²) in [7, 11) is 0. The number of nitrogen functional groups attached to an aromatic ring is 1. The maximum Gasteiger partial charge on any atom is 0.145 e. The largest absolute Gasteiger partial charge is 0.383 e. The van der Waals surface area contributed by atoms with Crippen LogP contribution < -0.4 is 5.73 Å². The van der Waals surface area contributed by atoms with Gasteiger partial charge in [0.25, 0.3) is 0 Å². The topological polar surface area (TPSA) is 56.7 Å². The van der Waals surface area contributed by atoms with E-state index in [4.69, 9.17) is 5.73 Å². The van der Waals surface area contributed by atoms with E-state index >= 15 is 0 Å². The summed E-state index contributed by atoms with van der Waals surface area (Å²) in [5.41, 5.74) is 9.45. The molecule has 2 heterocycles. The Hall–Kier alpha value is -1.58. The van der Waals surface area contributed by atoms with Crippen molar-refractivity contribution in [3.63, 3.8) is 0 Å². The molecule has 2 N–H and O–H groups in total. The van der Waals surface area contributed by atoms with Gasteiger partial charge in [0.2, 0.25) is 0 Å². The molecule has 0 bridgehead atoms. The Bertz CT molecular complexity index is 595. The van der Waals surface area contributed by atoms with Crippen LogP contribution in [0.15, 0.2) is 6.33 Å². The van der Waals surface area contributed by atoms with Crippen LogP contribution in [0.4, 0.5) is 5.82 Å². The molecule has 4 heteroatoms. The fraction of sp³-hybridized carbons (Fsp3) is 0.571. The minimum atomic E-state index is 0.596. The van der Waals surface area contributed by atoms with Gasteiger partial charge in [0, 0.05) is 12.2 Å². The average molecular weight is 244 g/mol. The summed E-state index contributed by atoms with van der Waals surface area (Å²) in [6, 6.07) is 0. The van der Waals surface area contributed by atoms with E-state index in [-0.39, 0.29) is 0 Å². The van der Waals surface area contributed by atoms with Crippen molar-refractivity contribution < 1.29 is 0 Å². The third kappa shape index (κ3) is 1.67. The zero-order valence-electron chi connectivity index (χ0n) is 11.3. The summed E-state index contributed by atoms with van der Waals surface area (Å²) < 4.78 is 2.31. The summed E-state index contributed by atoms with van der Waals surface area (Å²) in [6.45, 7) is 7.63. The van der Waals surface area contributed by atoms with Crippen LogP contribution in [0.3, 0.4) is 0 Å². The molecule has 1 atom stereocenters. The number of hydrogen-bond acceptors (Lipinski definition) is 3. The Balaban J connectivity index is 2.10. The van der Waals surface area contributed by atoms with E-state index in [2.05, 4.69) is 35.3 Å². The maximum absolute atomic E-state index is 5.98. The molecule has 0 aromatic carbocycles. The summed E-state index contributed by atoms with van der Waals surface area (Å²) in [5.74, 6) is 2.22. The highest BCUT2D eigenvalue weighted by Crippen LogP contribution is 2.38. The van der Waals surface area contributed by atoms with Crippen molar-refractivity contribution in [2.24, 2.45) is 11.8 Å². The zero-order valence-corrected chi connectivity index (χ0v) is 11.3. The van der Waals surface area contributed by atoms with Gasteiger partial charge in [0.05, 0.1) is 5.39 Å². The van der Waals surface area contributed by atoms with Crippen molar-refractivity contribution in [3.8, 4) is 0 Å². The fourth-order valence-electron chi connectivity index (χ4n) is 2.82. The summed E-state index contributed by atoms with van der Waals surface area (Å²) in [5, 5.41) is 1.03. The summed E-state index contributed by atoms with van der Waals surface area (Å²) in [6.07, 6.45) is 4.33. The Labute approximate surface area is 107 Å². The Morgan fingerprint density at radius 2 is 2.11 bits per heavy atom. The van der Waals surface area contributed by atoms with Crippen molar-refractivity contribution >= 4 is 16.9 Å². The third-order valence-corrected chi connectivity index (χ3v) is 4.33. The molecule has 3 rings (SSSR count). The standard InChI is InChI=1S/C14H20N4/c1-8(11-4-5-11)6-18-10(3)9(2)12-13(15)16-7-17-14(12)18/h7-8,11H,4-6H2,1-3H3,(H2,15,16,17). The van der Waals surface area contributed by atoms with Crippen molar-refractivity contribution in [1.82, 2.24) is 14.5 Å². The first kappa shape index (κ1) is 11.5. The van der Waals surface area contributed by atoms with E-state index in [0.717, 1.165) is 29.4 Å². The van der Waals surface area contributed by atoms with Gasteiger partial charge in [-0.15, -0.1) is 0 Å². The number of nitrogens with zero attached hydrogens (tertiary/aromatic N) is 3. The van der Waals surface area contributed by atoms with Crippen LogP contribution in [0, 0.1) is 25.7 Å². The van der Waals surface area contributed by atoms with E-state index in [0.29, 0.717) is 5.82 Å². The Kier molecular flexibility index (Phi) is 2.54. The molecule has 0 amide bonds. The van der Waals surface area contributed by atoms with Gasteiger partial charge < -0.3 is 10.3 Å². The minimum Gasteiger partial charge on any atom is -0.383 e. The molecule has 1 unspecified atom stereocenters. The lowest BCUT2D eigenvalue weighted by Crippen LogP contribution is -2.11. The minimum absolute atomic E-state index is 0.596. The van der Waals surface area contributed by atoms with Crippen molar-refractivity contribution in [2.45, 2.75) is 40.2 Å². The molecular formula is C14H20N4. The monoisotopic (exact) mass is 244 g/mol. The third-order valence-electron chi connectivity index (χ3n) is 4.33. The molecule has 2 aromatic rings. The second-order valence-corrected chi connectivity index (χ2v) is 5.59. The number of fused-ring (bicyclic) bond motifs is 1. The molecule has 1 aliphatic carbocycles. The average Bonchev–Trinajstić information content (AvgIpc) is 3.15. The molecular weight excluding hydrogens is 224 g/mol. The van der Waals surface area contributed by atoms with E-state index in [9.17, 15) is 0 Å². The molecule has 0 aliphatic heterocycles. The predicted octanol–water partition coefficient (Wildman–Crippen LogP) is 2.68. The number of aromatic nitrogens is 3. The van der Waals surface area contributed by atoms with Gasteiger partial charge in [0.15, 0.2) is 0 Å². The van der Waals surface area contributed by atoms with Crippen LogP contribution in [-0.4, -0.2) is 14.5 Å². The van der Waals surface area contributed by atoms with E-state index in [1.54, 1.807) is 6.33 Å². The lowest BCUT2D eigenvalue weighted by Gasteiger charge is -2.14. The van der Waals surface area contributed by atoms with Crippen molar-refractivity contribution in [3.05, 3.63) is 17.6 Å². The van der Waals surface area contributed by atoms with Crippen molar-refractivity contribution in [2.75, 3.05) is 5.73 Å². The second kappa shape index (κ2) is 3.97. The van der Waals surface area contributed by atoms with Crippen LogP contribution >= 0.6 is 0 Å². The van der Waals surface area contributed by atoms with Gasteiger partial charge in [0.1, 0.15) is 17.8 Å². The van der Waals surface area contributed by atoms with Gasteiger partial charge in [-0.05, 0) is 44.1 Å². The van der Waals surface area contributed by atoms with Gasteiger partial charge in [-0.1, -0.05) is 6.92 Å². The first-order valence-electron chi connectivity index (χ1n) is 6.65. The number of nitrogens with two attached hydrogens (primary N) is 1. The predicted molar refractivity (Wildman–Crippen MR) is 73.3 cm³/mol. The smallest absolute Gasteiger partial charge is 0.145 e. The first-order valence-corrected chi connectivity index (χ1v) is 6.65. The van der Waals surface area contributed by atoms with E-state index < -0.39 is 0 Å². The van der Waals surface area contributed by atoms with Crippen LogP contribution in [0.1, 0.15) is 31.0 Å². The highest BCUT2D eigenvalue weighted by Gasteiger charge is 2.29. The van der Waals surface area contributed by atoms with E-state index in [1.165, 1.54) is 24.1 Å². The molecule has 2 aromatic heterocycles. The maximum atomic E-state index is 5.98. The Morgan fingerprint density at radius 1 is 1.39 bits per heavy atom. The highest BCUT2D eigenvalue weighted by atomic mass is 15.1. The molecule has 96 valence electrons. The van der Waals surface area contributed by atoms with E-state index in [1.807, 2.05) is 0 Å². The number of rotatable bonds is 3. The van der Waals surface area contributed by atoms with Crippen LogP contribution in [0.5, 0.6) is 0 Å². The van der Waals surface area contributed by atoms with Gasteiger partial charge in [-0.3, -0.25) is 0 Å². The number of aryl methyl sites for hydroxylation is 1. The zero-order chi connectivity index (χ0) is 12.9. The quantitative estimate of drug-likeness (QED) is 0.903.